The molecule has 0 saturated carbocycles. The zero-order chi connectivity index (χ0) is 22.2. The first kappa shape index (κ1) is 29.6. The molecule has 1 aliphatic rings. The van der Waals surface area contributed by atoms with E-state index in [0.717, 1.165) is 41.7 Å². The summed E-state index contributed by atoms with van der Waals surface area (Å²) >= 11 is 1.83. The molecule has 0 unspecified atom stereocenters. The maximum absolute atomic E-state index is 10.7. The van der Waals surface area contributed by atoms with Crippen LogP contribution in [-0.2, 0) is 0 Å². The molecule has 7 heteroatoms. The Morgan fingerprint density at radius 2 is 1.94 bits per heavy atom. The highest BCUT2D eigenvalue weighted by atomic mass is 32.1. The van der Waals surface area contributed by atoms with Crippen LogP contribution in [0.2, 0.25) is 0 Å². The normalized spacial score (nSPS) is 19.0. The molecule has 2 aromatic heterocycles. The third-order valence-corrected chi connectivity index (χ3v) is 7.99. The Bertz CT molecular complexity index is 1240. The van der Waals surface area contributed by atoms with E-state index >= 15 is 0 Å². The van der Waals surface area contributed by atoms with Gasteiger partial charge in [-0.15, -0.1) is 11.3 Å². The van der Waals surface area contributed by atoms with Gasteiger partial charge in [0.1, 0.15) is 18.5 Å². The zero-order valence-corrected chi connectivity index (χ0v) is 22.9. The van der Waals surface area contributed by atoms with Crippen molar-refractivity contribution < 1.29 is 9.84 Å². The molecule has 2 N–H and O–H groups in total. The van der Waals surface area contributed by atoms with Crippen molar-refractivity contribution in [3.05, 3.63) is 64.7 Å². The van der Waals surface area contributed by atoms with Crippen molar-refractivity contribution in [3.8, 4) is 5.75 Å². The number of rotatable bonds is 6. The molecule has 1 fully saturated rings. The van der Waals surface area contributed by atoms with Gasteiger partial charge in [-0.2, -0.15) is 27.0 Å². The van der Waals surface area contributed by atoms with Crippen LogP contribution in [0.3, 0.4) is 0 Å². The van der Waals surface area contributed by atoms with Crippen LogP contribution in [0, 0.1) is 13.8 Å². The Morgan fingerprint density at radius 1 is 1.14 bits per heavy atom. The molecule has 3 atom stereocenters. The molecule has 0 spiro atoms. The first-order valence-corrected chi connectivity index (χ1v) is 12.5. The lowest BCUT2D eigenvalue weighted by molar-refractivity contribution is 0.0406. The van der Waals surface area contributed by atoms with Gasteiger partial charge in [-0.05, 0) is 98.3 Å². The topological polar surface area (TPSA) is 48.5 Å². The van der Waals surface area contributed by atoms with Crippen LogP contribution < -0.4 is 4.74 Å². The molecule has 1 aliphatic heterocycles. The van der Waals surface area contributed by atoms with E-state index in [0.29, 0.717) is 25.1 Å². The van der Waals surface area contributed by atoms with E-state index in [2.05, 4.69) is 59.4 Å². The van der Waals surface area contributed by atoms with Crippen LogP contribution in [0.15, 0.2) is 47.8 Å². The monoisotopic (exact) mass is 532 g/mol. The lowest BCUT2D eigenvalue weighted by Gasteiger charge is -2.38. The number of likely N-dealkylation sites (tertiary alicyclic amines) is 1. The van der Waals surface area contributed by atoms with Gasteiger partial charge in [-0.3, -0.25) is 4.90 Å². The fourth-order valence-electron chi connectivity index (χ4n) is 5.12. The number of ether oxygens (including phenoxy) is 1. The molecule has 0 aliphatic carbocycles. The minimum absolute atomic E-state index is 0. The van der Waals surface area contributed by atoms with Crippen LogP contribution in [0.25, 0.3) is 21.0 Å². The number of hydrogen-bond acceptors (Lipinski definition) is 4. The van der Waals surface area contributed by atoms with E-state index in [1.165, 1.54) is 21.2 Å². The van der Waals surface area contributed by atoms with E-state index in [1.54, 1.807) is 0 Å². The van der Waals surface area contributed by atoms with Crippen molar-refractivity contribution in [2.24, 2.45) is 0 Å². The second kappa shape index (κ2) is 12.5. The first-order chi connectivity index (χ1) is 15.5. The number of β-amino-alcohol motifs (C(OH)–C–C–N with tert-alkyl or cyclic N) is 1. The van der Waals surface area contributed by atoms with Crippen molar-refractivity contribution in [1.29, 1.82) is 0 Å². The second-order valence-corrected chi connectivity index (χ2v) is 10.3. The summed E-state index contributed by atoms with van der Waals surface area (Å²) in [5, 5.41) is 15.4. The number of thiophene rings is 1. The van der Waals surface area contributed by atoms with Gasteiger partial charge >= 0.3 is 0 Å². The standard InChI is InChI=1S/C27H32N2O2S.CH4.2H2S/c1-17-16-32-27-8-7-20(13-23(17)27)21-9-10-29(19(3)12-21)14-22(30)15-31-26-6-4-5-25-24(26)11-18(2)28-25;;;/h4-8,11,13,16,19,21-22,28,30H,9-10,12,14-15H2,1-3H3;1H4;2*1H2/t19-,21+,22-;;;/m0.../s1. The van der Waals surface area contributed by atoms with Gasteiger partial charge in [0.25, 0.3) is 0 Å². The molecular weight excluding hydrogens is 493 g/mol. The summed E-state index contributed by atoms with van der Waals surface area (Å²) in [6, 6.07) is 15.6. The van der Waals surface area contributed by atoms with Crippen molar-refractivity contribution in [2.45, 2.75) is 59.1 Å². The van der Waals surface area contributed by atoms with Gasteiger partial charge in [-0.25, -0.2) is 0 Å². The van der Waals surface area contributed by atoms with Crippen LogP contribution in [-0.4, -0.2) is 46.8 Å². The summed E-state index contributed by atoms with van der Waals surface area (Å²) < 4.78 is 7.39. The van der Waals surface area contributed by atoms with Crippen LogP contribution in [0.4, 0.5) is 0 Å². The predicted molar refractivity (Wildman–Crippen MR) is 162 cm³/mol. The minimum atomic E-state index is -0.505. The van der Waals surface area contributed by atoms with Crippen molar-refractivity contribution in [1.82, 2.24) is 9.88 Å². The summed E-state index contributed by atoms with van der Waals surface area (Å²) in [5.74, 6) is 1.42. The van der Waals surface area contributed by atoms with E-state index in [9.17, 15) is 5.11 Å². The number of aliphatic hydroxyl groups excluding tert-OH is 1. The number of fused-ring (bicyclic) bond motifs is 2. The fourth-order valence-corrected chi connectivity index (χ4v) is 6.05. The van der Waals surface area contributed by atoms with Crippen LogP contribution in [0.5, 0.6) is 5.75 Å². The number of nitrogens with zero attached hydrogens (tertiary/aromatic N) is 1. The molecule has 192 valence electrons. The summed E-state index contributed by atoms with van der Waals surface area (Å²) in [4.78, 5) is 5.75. The minimum Gasteiger partial charge on any atom is -0.490 e. The summed E-state index contributed by atoms with van der Waals surface area (Å²) in [6.45, 7) is 8.51. The number of aryl methyl sites for hydroxylation is 2. The van der Waals surface area contributed by atoms with Crippen LogP contribution in [0.1, 0.15) is 49.9 Å². The number of benzene rings is 2. The first-order valence-electron chi connectivity index (χ1n) is 11.6. The molecule has 4 nitrogen and oxygen atoms in total. The smallest absolute Gasteiger partial charge is 0.128 e. The lowest BCUT2D eigenvalue weighted by Crippen LogP contribution is -2.45. The highest BCUT2D eigenvalue weighted by Gasteiger charge is 2.28. The number of aliphatic hydroxyl groups is 1. The van der Waals surface area contributed by atoms with Crippen molar-refractivity contribution in [3.63, 3.8) is 0 Å². The number of nitrogens with one attached hydrogen (secondary N) is 1. The van der Waals surface area contributed by atoms with E-state index in [4.69, 9.17) is 4.74 Å². The van der Waals surface area contributed by atoms with E-state index in [1.807, 2.05) is 30.4 Å². The molecule has 0 bridgehead atoms. The predicted octanol–water partition coefficient (Wildman–Crippen LogP) is 6.87. The molecule has 3 heterocycles. The van der Waals surface area contributed by atoms with Crippen molar-refractivity contribution >= 4 is 59.3 Å². The molecule has 1 saturated heterocycles. The number of aromatic nitrogens is 1. The maximum Gasteiger partial charge on any atom is 0.128 e. The SMILES string of the molecule is C.Cc1cc2c(OC[C@@H](O)CN3CC[C@@H](c4ccc5scc(C)c5c4)C[C@@H]3C)cccc2[nH]1.S.S. The molecule has 2 aromatic carbocycles. The van der Waals surface area contributed by atoms with E-state index in [-0.39, 0.29) is 34.4 Å². The third kappa shape index (κ3) is 6.38. The number of hydrogen-bond donors (Lipinski definition) is 2. The highest BCUT2D eigenvalue weighted by Crippen LogP contribution is 2.35. The maximum atomic E-state index is 10.7. The average Bonchev–Trinajstić information content (AvgIpc) is 3.35. The van der Waals surface area contributed by atoms with Gasteiger partial charge < -0.3 is 14.8 Å². The Labute approximate surface area is 227 Å². The van der Waals surface area contributed by atoms with E-state index < -0.39 is 6.10 Å². The summed E-state index contributed by atoms with van der Waals surface area (Å²) in [6.07, 6.45) is 1.76. The fraction of sp³-hybridized carbons (Fsp3) is 0.429. The number of piperidine rings is 1. The van der Waals surface area contributed by atoms with Gasteiger partial charge in [-0.1, -0.05) is 19.6 Å². The Morgan fingerprint density at radius 3 is 2.71 bits per heavy atom. The van der Waals surface area contributed by atoms with Gasteiger partial charge in [0, 0.05) is 33.9 Å². The Hall–Kier alpha value is -1.64. The van der Waals surface area contributed by atoms with Gasteiger partial charge in [0.2, 0.25) is 0 Å². The van der Waals surface area contributed by atoms with Gasteiger partial charge in [0.15, 0.2) is 0 Å². The van der Waals surface area contributed by atoms with Crippen molar-refractivity contribution in [2.75, 3.05) is 19.7 Å². The number of aromatic amines is 1. The Balaban J connectivity index is 0.00000144. The molecule has 35 heavy (non-hydrogen) atoms. The molecule has 0 amide bonds. The summed E-state index contributed by atoms with van der Waals surface area (Å²) in [7, 11) is 0. The molecular formula is C28H40N2O2S3. The molecule has 5 rings (SSSR count). The largest absolute Gasteiger partial charge is 0.490 e. The van der Waals surface area contributed by atoms with Gasteiger partial charge in [0.05, 0.1) is 0 Å². The highest BCUT2D eigenvalue weighted by molar-refractivity contribution is 7.59. The summed E-state index contributed by atoms with van der Waals surface area (Å²) in [5.41, 5.74) is 5.03. The zero-order valence-electron chi connectivity index (χ0n) is 20.1. The van der Waals surface area contributed by atoms with Crippen LogP contribution >= 0.6 is 38.3 Å². The average molecular weight is 533 g/mol. The quantitative estimate of drug-likeness (QED) is 0.285. The molecule has 0 radical (unpaired) electrons. The third-order valence-electron chi connectivity index (χ3n) is 6.91. The Kier molecular flexibility index (Phi) is 10.6. The lowest BCUT2D eigenvalue weighted by atomic mass is 9.85. The number of H-pyrrole nitrogens is 1. The molecule has 4 aromatic rings. The second-order valence-electron chi connectivity index (χ2n) is 9.37.